The number of thioether (sulfide) groups is 1. The smallest absolute Gasteiger partial charge is 0.0499 e. The molecule has 1 saturated heterocycles. The Hall–Kier alpha value is -1.15. The summed E-state index contributed by atoms with van der Waals surface area (Å²) in [6.45, 7) is 10.4. The maximum Gasteiger partial charge on any atom is 0.0499 e. The number of nitrogens with zero attached hydrogens (tertiary/aromatic N) is 1. The van der Waals surface area contributed by atoms with Crippen molar-refractivity contribution in [2.24, 2.45) is 0 Å². The van der Waals surface area contributed by atoms with Gasteiger partial charge in [-0.2, -0.15) is 11.8 Å². The first-order chi connectivity index (χ1) is 7.63. The molecule has 1 atom stereocenters. The monoisotopic (exact) mass is 231 g/mol. The van der Waals surface area contributed by atoms with Crippen molar-refractivity contribution in [3.63, 3.8) is 0 Å². The zero-order valence-corrected chi connectivity index (χ0v) is 10.7. The fourth-order valence-corrected chi connectivity index (χ4v) is 2.77. The van der Waals surface area contributed by atoms with E-state index in [4.69, 9.17) is 0 Å². The molecule has 0 N–H and O–H groups in total. The number of anilines is 1. The highest BCUT2D eigenvalue weighted by Gasteiger charge is 2.29. The Morgan fingerprint density at radius 2 is 1.88 bits per heavy atom. The SMILES string of the molecule is C=C1CC(SC)C(=C)N1c1ccc(C)cc1. The average molecular weight is 231 g/mol. The quantitative estimate of drug-likeness (QED) is 0.758. The van der Waals surface area contributed by atoms with Crippen LogP contribution in [0.15, 0.2) is 48.8 Å². The Balaban J connectivity index is 2.31. The van der Waals surface area contributed by atoms with E-state index in [2.05, 4.69) is 55.5 Å². The number of benzene rings is 1. The molecule has 0 aliphatic carbocycles. The fraction of sp³-hybridized carbons (Fsp3) is 0.286. The molecule has 1 fully saturated rings. The van der Waals surface area contributed by atoms with Gasteiger partial charge in [0.25, 0.3) is 0 Å². The summed E-state index contributed by atoms with van der Waals surface area (Å²) in [6, 6.07) is 8.52. The van der Waals surface area contributed by atoms with E-state index < -0.39 is 0 Å². The third-order valence-corrected chi connectivity index (χ3v) is 3.98. The van der Waals surface area contributed by atoms with Crippen molar-refractivity contribution in [1.82, 2.24) is 0 Å². The van der Waals surface area contributed by atoms with E-state index in [1.807, 2.05) is 11.8 Å². The van der Waals surface area contributed by atoms with Gasteiger partial charge in [-0.25, -0.2) is 0 Å². The van der Waals surface area contributed by atoms with Crippen LogP contribution in [0.4, 0.5) is 5.69 Å². The molecule has 2 rings (SSSR count). The second-order valence-electron chi connectivity index (χ2n) is 4.16. The van der Waals surface area contributed by atoms with Gasteiger partial charge in [-0.05, 0) is 25.3 Å². The highest BCUT2D eigenvalue weighted by Crippen LogP contribution is 2.39. The Kier molecular flexibility index (Phi) is 3.10. The molecule has 1 aliphatic heterocycles. The number of allylic oxidation sites excluding steroid dienone is 1. The Morgan fingerprint density at radius 1 is 1.25 bits per heavy atom. The molecule has 1 nitrogen and oxygen atoms in total. The van der Waals surface area contributed by atoms with E-state index in [-0.39, 0.29) is 0 Å². The lowest BCUT2D eigenvalue weighted by Crippen LogP contribution is -2.15. The molecule has 0 radical (unpaired) electrons. The van der Waals surface area contributed by atoms with E-state index in [0.29, 0.717) is 5.25 Å². The van der Waals surface area contributed by atoms with E-state index in [0.717, 1.165) is 17.8 Å². The van der Waals surface area contributed by atoms with Crippen molar-refractivity contribution in [2.45, 2.75) is 18.6 Å². The predicted molar refractivity (Wildman–Crippen MR) is 73.9 cm³/mol. The summed E-state index contributed by atoms with van der Waals surface area (Å²) in [7, 11) is 0. The molecule has 1 heterocycles. The van der Waals surface area contributed by atoms with Crippen LogP contribution in [0.5, 0.6) is 0 Å². The van der Waals surface area contributed by atoms with Crippen LogP contribution in [0.2, 0.25) is 0 Å². The lowest BCUT2D eigenvalue weighted by Gasteiger charge is -2.21. The van der Waals surface area contributed by atoms with Crippen molar-refractivity contribution in [2.75, 3.05) is 11.2 Å². The number of aryl methyl sites for hydroxylation is 1. The second-order valence-corrected chi connectivity index (χ2v) is 5.20. The van der Waals surface area contributed by atoms with Crippen molar-refractivity contribution in [1.29, 1.82) is 0 Å². The lowest BCUT2D eigenvalue weighted by molar-refractivity contribution is 1.08. The van der Waals surface area contributed by atoms with Crippen LogP contribution in [0.3, 0.4) is 0 Å². The minimum Gasteiger partial charge on any atom is -0.318 e. The lowest BCUT2D eigenvalue weighted by atomic mass is 10.2. The molecular formula is C14H17NS. The Morgan fingerprint density at radius 3 is 2.38 bits per heavy atom. The standard InChI is InChI=1S/C14H17NS/c1-10-5-7-13(8-6-10)15-11(2)9-14(16-4)12(15)3/h5-8,14H,2-3,9H2,1,4H3. The van der Waals surface area contributed by atoms with Gasteiger partial charge >= 0.3 is 0 Å². The van der Waals surface area contributed by atoms with E-state index >= 15 is 0 Å². The van der Waals surface area contributed by atoms with E-state index in [1.165, 1.54) is 11.3 Å². The summed E-state index contributed by atoms with van der Waals surface area (Å²) in [5, 5.41) is 0.480. The third-order valence-electron chi connectivity index (χ3n) is 2.97. The summed E-state index contributed by atoms with van der Waals surface area (Å²) < 4.78 is 0. The number of rotatable bonds is 2. The van der Waals surface area contributed by atoms with Crippen molar-refractivity contribution < 1.29 is 0 Å². The van der Waals surface area contributed by atoms with Crippen molar-refractivity contribution in [3.05, 3.63) is 54.4 Å². The topological polar surface area (TPSA) is 3.24 Å². The van der Waals surface area contributed by atoms with Crippen LogP contribution < -0.4 is 4.90 Å². The molecule has 0 saturated carbocycles. The molecule has 84 valence electrons. The average Bonchev–Trinajstić information content (AvgIpc) is 2.56. The summed E-state index contributed by atoms with van der Waals surface area (Å²) >= 11 is 1.84. The first-order valence-electron chi connectivity index (χ1n) is 5.39. The first-order valence-corrected chi connectivity index (χ1v) is 6.68. The Bertz CT molecular complexity index is 419. The summed E-state index contributed by atoms with van der Waals surface area (Å²) in [5.41, 5.74) is 4.76. The molecule has 0 amide bonds. The first kappa shape index (κ1) is 11.3. The van der Waals surface area contributed by atoms with E-state index in [1.54, 1.807) is 0 Å². The van der Waals surface area contributed by atoms with Gasteiger partial charge in [-0.15, -0.1) is 0 Å². The molecule has 1 aliphatic rings. The zero-order chi connectivity index (χ0) is 11.7. The third kappa shape index (κ3) is 1.90. The number of hydrogen-bond donors (Lipinski definition) is 0. The molecule has 0 aromatic heterocycles. The van der Waals surface area contributed by atoms with Gasteiger partial charge in [-0.1, -0.05) is 30.9 Å². The van der Waals surface area contributed by atoms with Crippen LogP contribution in [0.1, 0.15) is 12.0 Å². The highest BCUT2D eigenvalue weighted by molar-refractivity contribution is 7.99. The summed E-state index contributed by atoms with van der Waals surface area (Å²) in [4.78, 5) is 2.18. The van der Waals surface area contributed by atoms with Crippen LogP contribution in [-0.4, -0.2) is 11.5 Å². The molecule has 1 aromatic rings. The van der Waals surface area contributed by atoms with Gasteiger partial charge in [-0.3, -0.25) is 0 Å². The van der Waals surface area contributed by atoms with Gasteiger partial charge in [0.2, 0.25) is 0 Å². The maximum absolute atomic E-state index is 4.18. The predicted octanol–water partition coefficient (Wildman–Crippen LogP) is 3.96. The van der Waals surface area contributed by atoms with Gasteiger partial charge < -0.3 is 4.90 Å². The van der Waals surface area contributed by atoms with Crippen molar-refractivity contribution >= 4 is 17.4 Å². The molecule has 1 aromatic carbocycles. The fourth-order valence-electron chi connectivity index (χ4n) is 2.03. The van der Waals surface area contributed by atoms with Gasteiger partial charge in [0.05, 0.1) is 0 Å². The number of hydrogen-bond acceptors (Lipinski definition) is 2. The largest absolute Gasteiger partial charge is 0.318 e. The minimum absolute atomic E-state index is 0.480. The van der Waals surface area contributed by atoms with Crippen molar-refractivity contribution in [3.8, 4) is 0 Å². The minimum atomic E-state index is 0.480. The van der Waals surface area contributed by atoms with Crippen LogP contribution in [0, 0.1) is 6.92 Å². The summed E-state index contributed by atoms with van der Waals surface area (Å²) in [6.07, 6.45) is 3.13. The van der Waals surface area contributed by atoms with Crippen LogP contribution >= 0.6 is 11.8 Å². The van der Waals surface area contributed by atoms with Gasteiger partial charge in [0, 0.05) is 28.8 Å². The maximum atomic E-state index is 4.18. The van der Waals surface area contributed by atoms with E-state index in [9.17, 15) is 0 Å². The molecule has 0 spiro atoms. The van der Waals surface area contributed by atoms with Gasteiger partial charge in [0.15, 0.2) is 0 Å². The molecule has 2 heteroatoms. The summed E-state index contributed by atoms with van der Waals surface area (Å²) in [5.74, 6) is 0. The van der Waals surface area contributed by atoms with Crippen LogP contribution in [0.25, 0.3) is 0 Å². The van der Waals surface area contributed by atoms with Gasteiger partial charge in [0.1, 0.15) is 0 Å². The normalized spacial score (nSPS) is 20.6. The second kappa shape index (κ2) is 4.38. The molecule has 16 heavy (non-hydrogen) atoms. The molecule has 0 bridgehead atoms. The zero-order valence-electron chi connectivity index (χ0n) is 9.86. The highest BCUT2D eigenvalue weighted by atomic mass is 32.2. The molecule has 1 unspecified atom stereocenters. The Labute approximate surface area is 102 Å². The molecular weight excluding hydrogens is 214 g/mol. The van der Waals surface area contributed by atoms with Crippen LogP contribution in [-0.2, 0) is 0 Å².